The average Bonchev–Trinajstić information content (AvgIpc) is 2.71. The minimum Gasteiger partial charge on any atom is -0.338 e. The Labute approximate surface area is 133 Å². The fraction of sp³-hybridized carbons (Fsp3) is 0.200. The number of carbonyl (C=O) groups excluding carboxylic acids is 2. The number of nitrogens with zero attached hydrogens (tertiary/aromatic N) is 1. The number of anilines is 1. The van der Waals surface area contributed by atoms with Gasteiger partial charge in [-0.05, 0) is 24.4 Å². The van der Waals surface area contributed by atoms with Crippen LogP contribution in [0.25, 0.3) is 10.8 Å². The molecule has 23 heavy (non-hydrogen) atoms. The van der Waals surface area contributed by atoms with E-state index in [2.05, 4.69) is 10.6 Å². The van der Waals surface area contributed by atoms with Crippen LogP contribution in [0.3, 0.4) is 0 Å². The van der Waals surface area contributed by atoms with Gasteiger partial charge in [-0.25, -0.2) is 13.2 Å². The van der Waals surface area contributed by atoms with E-state index in [-0.39, 0.29) is 4.90 Å². The van der Waals surface area contributed by atoms with E-state index in [9.17, 15) is 18.0 Å². The van der Waals surface area contributed by atoms with Crippen LogP contribution in [0.5, 0.6) is 0 Å². The Morgan fingerprint density at radius 2 is 1.83 bits per heavy atom. The van der Waals surface area contributed by atoms with Crippen molar-refractivity contribution in [2.24, 2.45) is 0 Å². The molecule has 0 radical (unpaired) electrons. The summed E-state index contributed by atoms with van der Waals surface area (Å²) in [5, 5.41) is 5.91. The lowest BCUT2D eigenvalue weighted by Gasteiger charge is -2.18. The van der Waals surface area contributed by atoms with Crippen molar-refractivity contribution in [2.45, 2.75) is 11.8 Å². The maximum Gasteiger partial charge on any atom is 0.321 e. The molecule has 0 saturated carbocycles. The Bertz CT molecular complexity index is 903. The van der Waals surface area contributed by atoms with Gasteiger partial charge in [0, 0.05) is 11.9 Å². The van der Waals surface area contributed by atoms with Gasteiger partial charge < -0.3 is 5.32 Å². The number of hydrogen-bond donors (Lipinski definition) is 2. The fourth-order valence-corrected chi connectivity index (χ4v) is 4.30. The zero-order valence-corrected chi connectivity index (χ0v) is 13.2. The Morgan fingerprint density at radius 3 is 2.52 bits per heavy atom. The van der Waals surface area contributed by atoms with Crippen LogP contribution >= 0.6 is 0 Å². The minimum atomic E-state index is -3.80. The van der Waals surface area contributed by atoms with E-state index in [4.69, 9.17) is 0 Å². The third-order valence-corrected chi connectivity index (χ3v) is 5.36. The first-order chi connectivity index (χ1) is 10.9. The molecule has 0 atom stereocenters. The fourth-order valence-electron chi connectivity index (χ4n) is 2.63. The normalized spacial score (nSPS) is 14.7. The first-order valence-electron chi connectivity index (χ1n) is 7.07. The average molecular weight is 333 g/mol. The molecule has 2 aromatic rings. The summed E-state index contributed by atoms with van der Waals surface area (Å²) in [6, 6.07) is 9.55. The van der Waals surface area contributed by atoms with Crippen molar-refractivity contribution in [3.63, 3.8) is 0 Å². The quantitative estimate of drug-likeness (QED) is 0.882. The Balaban J connectivity index is 1.95. The van der Waals surface area contributed by atoms with Gasteiger partial charge >= 0.3 is 6.03 Å². The molecule has 7 nitrogen and oxygen atoms in total. The van der Waals surface area contributed by atoms with Crippen molar-refractivity contribution in [3.05, 3.63) is 36.4 Å². The molecule has 1 aliphatic rings. The van der Waals surface area contributed by atoms with Gasteiger partial charge in [0.25, 0.3) is 10.0 Å². The van der Waals surface area contributed by atoms with Gasteiger partial charge in [-0.2, -0.15) is 0 Å². The van der Waals surface area contributed by atoms with Crippen molar-refractivity contribution in [3.8, 4) is 0 Å². The molecule has 0 saturated heterocycles. The number of rotatable bonds is 3. The van der Waals surface area contributed by atoms with Gasteiger partial charge in [0.2, 0.25) is 5.91 Å². The lowest BCUT2D eigenvalue weighted by molar-refractivity contribution is -0.118. The molecular weight excluding hydrogens is 318 g/mol. The molecule has 0 bridgehead atoms. The van der Waals surface area contributed by atoms with Crippen LogP contribution in [0.4, 0.5) is 10.5 Å². The van der Waals surface area contributed by atoms with Crippen LogP contribution in [-0.4, -0.2) is 33.4 Å². The molecule has 0 aromatic heterocycles. The van der Waals surface area contributed by atoms with Gasteiger partial charge in [0.15, 0.2) is 0 Å². The van der Waals surface area contributed by atoms with Crippen molar-refractivity contribution >= 4 is 38.4 Å². The van der Waals surface area contributed by atoms with Gasteiger partial charge in [-0.3, -0.25) is 14.4 Å². The molecule has 3 amide bonds. The first kappa shape index (κ1) is 15.3. The highest BCUT2D eigenvalue weighted by atomic mass is 32.2. The van der Waals surface area contributed by atoms with Gasteiger partial charge in [-0.15, -0.1) is 0 Å². The number of urea groups is 1. The number of nitrogens with one attached hydrogen (secondary N) is 2. The molecule has 1 heterocycles. The summed E-state index contributed by atoms with van der Waals surface area (Å²) in [5.41, 5.74) is 0.448. The van der Waals surface area contributed by atoms with Crippen molar-refractivity contribution < 1.29 is 18.0 Å². The van der Waals surface area contributed by atoms with Crippen molar-refractivity contribution in [1.82, 2.24) is 10.6 Å². The predicted octanol–water partition coefficient (Wildman–Crippen LogP) is 1.19. The van der Waals surface area contributed by atoms with Crippen LogP contribution in [0.15, 0.2) is 41.3 Å². The minimum absolute atomic E-state index is 0.177. The molecule has 3 rings (SSSR count). The zero-order valence-electron chi connectivity index (χ0n) is 12.4. The van der Waals surface area contributed by atoms with Crippen molar-refractivity contribution in [1.29, 1.82) is 0 Å². The maximum atomic E-state index is 12.7. The standard InChI is InChI=1S/C15H15N3O4S/c1-2-16-15(20)17-13(19)9-18-11-7-3-5-10-6-4-8-12(14(10)11)23(18,21)22/h3-8H,2,9H2,1H3,(H2,16,17,19,20). The van der Waals surface area contributed by atoms with E-state index >= 15 is 0 Å². The van der Waals surface area contributed by atoms with E-state index < -0.39 is 28.5 Å². The van der Waals surface area contributed by atoms with E-state index in [0.717, 1.165) is 9.69 Å². The highest BCUT2D eigenvalue weighted by Gasteiger charge is 2.36. The summed E-state index contributed by atoms with van der Waals surface area (Å²) in [6.45, 7) is 1.63. The monoisotopic (exact) mass is 333 g/mol. The van der Waals surface area contributed by atoms with Gasteiger partial charge in [0.05, 0.1) is 10.6 Å². The summed E-state index contributed by atoms with van der Waals surface area (Å²) >= 11 is 0. The number of hydrogen-bond acceptors (Lipinski definition) is 4. The van der Waals surface area contributed by atoms with Crippen LogP contribution in [0.1, 0.15) is 6.92 Å². The highest BCUT2D eigenvalue weighted by molar-refractivity contribution is 7.93. The van der Waals surface area contributed by atoms with E-state index in [0.29, 0.717) is 17.6 Å². The summed E-state index contributed by atoms with van der Waals surface area (Å²) in [4.78, 5) is 23.5. The number of sulfonamides is 1. The second-order valence-corrected chi connectivity index (χ2v) is 6.88. The number of benzene rings is 2. The van der Waals surface area contributed by atoms with Gasteiger partial charge in [-0.1, -0.05) is 24.3 Å². The molecule has 0 fully saturated rings. The lowest BCUT2D eigenvalue weighted by Crippen LogP contribution is -2.45. The van der Waals surface area contributed by atoms with E-state index in [1.165, 1.54) is 6.07 Å². The Kier molecular flexibility index (Phi) is 3.69. The van der Waals surface area contributed by atoms with E-state index in [1.54, 1.807) is 25.1 Å². The summed E-state index contributed by atoms with van der Waals surface area (Å²) in [7, 11) is -3.80. The predicted molar refractivity (Wildman–Crippen MR) is 85.7 cm³/mol. The molecular formula is C15H15N3O4S. The molecule has 120 valence electrons. The summed E-state index contributed by atoms with van der Waals surface area (Å²) in [6.07, 6.45) is 0. The first-order valence-corrected chi connectivity index (χ1v) is 8.51. The SMILES string of the molecule is CCNC(=O)NC(=O)CN1c2cccc3cccc(c23)S1(=O)=O. The third-order valence-electron chi connectivity index (χ3n) is 3.56. The van der Waals surface area contributed by atoms with E-state index in [1.807, 2.05) is 12.1 Å². The Hall–Kier alpha value is -2.61. The number of amides is 3. The summed E-state index contributed by atoms with van der Waals surface area (Å²) in [5.74, 6) is -0.690. The van der Waals surface area contributed by atoms with Crippen LogP contribution in [-0.2, 0) is 14.8 Å². The lowest BCUT2D eigenvalue weighted by atomic mass is 10.1. The molecule has 0 unspecified atom stereocenters. The molecule has 0 spiro atoms. The topological polar surface area (TPSA) is 95.6 Å². The smallest absolute Gasteiger partial charge is 0.321 e. The molecule has 0 aliphatic carbocycles. The Morgan fingerprint density at radius 1 is 1.13 bits per heavy atom. The number of imide groups is 1. The maximum absolute atomic E-state index is 12.7. The summed E-state index contributed by atoms with van der Waals surface area (Å²) < 4.78 is 26.3. The molecule has 1 aliphatic heterocycles. The zero-order chi connectivity index (χ0) is 16.6. The van der Waals surface area contributed by atoms with Crippen LogP contribution in [0.2, 0.25) is 0 Å². The third kappa shape index (κ3) is 2.50. The molecule has 8 heteroatoms. The van der Waals surface area contributed by atoms with Crippen LogP contribution in [0, 0.1) is 0 Å². The van der Waals surface area contributed by atoms with Crippen molar-refractivity contribution in [2.75, 3.05) is 17.4 Å². The second kappa shape index (κ2) is 5.54. The molecule has 2 aromatic carbocycles. The highest BCUT2D eigenvalue weighted by Crippen LogP contribution is 2.41. The number of carbonyl (C=O) groups is 2. The molecule has 2 N–H and O–H groups in total. The largest absolute Gasteiger partial charge is 0.338 e. The van der Waals surface area contributed by atoms with Gasteiger partial charge in [0.1, 0.15) is 6.54 Å². The second-order valence-electron chi connectivity index (χ2n) is 5.05. The van der Waals surface area contributed by atoms with Crippen LogP contribution < -0.4 is 14.9 Å².